The Balaban J connectivity index is 1.52. The molecule has 0 aliphatic carbocycles. The van der Waals surface area contributed by atoms with E-state index in [1.165, 1.54) is 0 Å². The van der Waals surface area contributed by atoms with Crippen LogP contribution in [0.15, 0.2) is 61.1 Å². The minimum absolute atomic E-state index is 0.337. The summed E-state index contributed by atoms with van der Waals surface area (Å²) in [7, 11) is 0. The van der Waals surface area contributed by atoms with Gasteiger partial charge in [0.05, 0.1) is 0 Å². The maximum Gasteiger partial charge on any atom is 0.315 e. The van der Waals surface area contributed by atoms with Crippen LogP contribution in [0.25, 0.3) is 0 Å². The van der Waals surface area contributed by atoms with Gasteiger partial charge in [0.2, 0.25) is 0 Å². The molecule has 0 bridgehead atoms. The molecule has 0 unspecified atom stereocenters. The molecule has 0 atom stereocenters. The first kappa shape index (κ1) is 17.3. The third-order valence-corrected chi connectivity index (χ3v) is 3.78. The van der Waals surface area contributed by atoms with Crippen molar-refractivity contribution in [2.24, 2.45) is 0 Å². The summed E-state index contributed by atoms with van der Waals surface area (Å²) in [6.07, 6.45) is 6.05. The fourth-order valence-corrected chi connectivity index (χ4v) is 2.34. The molecule has 3 aromatic rings. The Bertz CT molecular complexity index is 888. The molecule has 0 aliphatic heterocycles. The highest BCUT2D eigenvalue weighted by Crippen LogP contribution is 2.09. The molecule has 0 radical (unpaired) electrons. The number of nitrogens with one attached hydrogen (secondary N) is 2. The van der Waals surface area contributed by atoms with Crippen molar-refractivity contribution < 1.29 is 9.59 Å². The molecular formula is C19H19N5O2. The van der Waals surface area contributed by atoms with Gasteiger partial charge in [-0.3, -0.25) is 19.3 Å². The first-order valence-corrected chi connectivity index (χ1v) is 8.21. The Morgan fingerprint density at radius 3 is 2.38 bits per heavy atom. The number of carbonyl (C=O) groups is 2. The van der Waals surface area contributed by atoms with Gasteiger partial charge in [0.1, 0.15) is 0 Å². The average Bonchev–Trinajstić information content (AvgIpc) is 3.10. The zero-order chi connectivity index (χ0) is 18.4. The molecule has 7 heteroatoms. The van der Waals surface area contributed by atoms with Crippen LogP contribution in [0.2, 0.25) is 0 Å². The van der Waals surface area contributed by atoms with E-state index in [-0.39, 0.29) is 0 Å². The van der Waals surface area contributed by atoms with E-state index < -0.39 is 11.8 Å². The van der Waals surface area contributed by atoms with Crippen molar-refractivity contribution in [3.63, 3.8) is 0 Å². The van der Waals surface area contributed by atoms with Gasteiger partial charge in [-0.05, 0) is 43.2 Å². The van der Waals surface area contributed by atoms with Crippen molar-refractivity contribution in [2.45, 2.75) is 19.9 Å². The molecule has 1 aromatic carbocycles. The lowest BCUT2D eigenvalue weighted by Gasteiger charge is -2.05. The highest BCUT2D eigenvalue weighted by Gasteiger charge is 2.15. The molecule has 2 aromatic heterocycles. The van der Waals surface area contributed by atoms with Gasteiger partial charge in [-0.25, -0.2) is 0 Å². The third kappa shape index (κ3) is 4.76. The first-order valence-electron chi connectivity index (χ1n) is 8.21. The summed E-state index contributed by atoms with van der Waals surface area (Å²) in [5.41, 5.74) is 2.79. The Labute approximate surface area is 151 Å². The van der Waals surface area contributed by atoms with Gasteiger partial charge in [-0.2, -0.15) is 5.10 Å². The molecule has 2 heterocycles. The fourth-order valence-electron chi connectivity index (χ4n) is 2.34. The fraction of sp³-hybridized carbons (Fsp3) is 0.158. The van der Waals surface area contributed by atoms with Crippen molar-refractivity contribution in [1.29, 1.82) is 0 Å². The normalized spacial score (nSPS) is 10.3. The average molecular weight is 349 g/mol. The van der Waals surface area contributed by atoms with Gasteiger partial charge in [0.25, 0.3) is 0 Å². The smallest absolute Gasteiger partial charge is 0.315 e. The summed E-state index contributed by atoms with van der Waals surface area (Å²) < 4.78 is 1.72. The van der Waals surface area contributed by atoms with Gasteiger partial charge in [0.15, 0.2) is 5.82 Å². The molecule has 0 saturated heterocycles. The Kier molecular flexibility index (Phi) is 5.38. The van der Waals surface area contributed by atoms with Gasteiger partial charge >= 0.3 is 11.8 Å². The predicted molar refractivity (Wildman–Crippen MR) is 98.6 cm³/mol. The number of anilines is 2. The lowest BCUT2D eigenvalue weighted by atomic mass is 10.2. The van der Waals surface area contributed by atoms with Gasteiger partial charge in [-0.1, -0.05) is 17.7 Å². The molecule has 7 nitrogen and oxygen atoms in total. The number of pyridine rings is 1. The summed E-state index contributed by atoms with van der Waals surface area (Å²) >= 11 is 0. The van der Waals surface area contributed by atoms with Crippen LogP contribution in [0.3, 0.4) is 0 Å². The number of hydrogen-bond donors (Lipinski definition) is 2. The Morgan fingerprint density at radius 1 is 0.962 bits per heavy atom. The minimum Gasteiger partial charge on any atom is -0.318 e. The van der Waals surface area contributed by atoms with Gasteiger partial charge in [-0.15, -0.1) is 0 Å². The summed E-state index contributed by atoms with van der Waals surface area (Å²) in [6, 6.07) is 12.8. The number of amides is 2. The largest absolute Gasteiger partial charge is 0.318 e. The van der Waals surface area contributed by atoms with E-state index in [1.807, 2.05) is 31.2 Å². The Hall–Kier alpha value is -3.48. The second-order valence-corrected chi connectivity index (χ2v) is 5.84. The van der Waals surface area contributed by atoms with Gasteiger partial charge in [0, 0.05) is 36.9 Å². The number of hydrogen-bond acceptors (Lipinski definition) is 4. The maximum absolute atomic E-state index is 12.0. The van der Waals surface area contributed by atoms with Crippen molar-refractivity contribution in [3.8, 4) is 0 Å². The van der Waals surface area contributed by atoms with E-state index in [9.17, 15) is 9.59 Å². The molecule has 132 valence electrons. The second-order valence-electron chi connectivity index (χ2n) is 5.84. The van der Waals surface area contributed by atoms with E-state index in [2.05, 4.69) is 20.7 Å². The lowest BCUT2D eigenvalue weighted by molar-refractivity contribution is -0.133. The Morgan fingerprint density at radius 2 is 1.65 bits per heavy atom. The summed E-state index contributed by atoms with van der Waals surface area (Å²) in [6.45, 7) is 2.61. The molecule has 0 spiro atoms. The third-order valence-electron chi connectivity index (χ3n) is 3.78. The minimum atomic E-state index is -0.759. The van der Waals surface area contributed by atoms with Crippen LogP contribution in [0, 0.1) is 6.92 Å². The monoisotopic (exact) mass is 349 g/mol. The van der Waals surface area contributed by atoms with Crippen molar-refractivity contribution >= 4 is 23.3 Å². The molecule has 2 N–H and O–H groups in total. The number of aromatic nitrogens is 3. The highest BCUT2D eigenvalue weighted by molar-refractivity contribution is 6.43. The zero-order valence-electron chi connectivity index (χ0n) is 14.3. The van der Waals surface area contributed by atoms with Crippen LogP contribution in [-0.4, -0.2) is 26.6 Å². The number of carbonyl (C=O) groups excluding carboxylic acids is 2. The number of rotatable bonds is 5. The summed E-state index contributed by atoms with van der Waals surface area (Å²) in [5.74, 6) is -1.16. The molecule has 26 heavy (non-hydrogen) atoms. The molecule has 3 rings (SSSR count). The number of aryl methyl sites for hydroxylation is 3. The van der Waals surface area contributed by atoms with Crippen molar-refractivity contribution in [2.75, 3.05) is 10.6 Å². The molecule has 0 saturated carbocycles. The summed E-state index contributed by atoms with van der Waals surface area (Å²) in [4.78, 5) is 27.9. The summed E-state index contributed by atoms with van der Waals surface area (Å²) in [5, 5.41) is 9.31. The van der Waals surface area contributed by atoms with Crippen molar-refractivity contribution in [1.82, 2.24) is 14.8 Å². The number of nitrogens with zero attached hydrogens (tertiary/aromatic N) is 3. The highest BCUT2D eigenvalue weighted by atomic mass is 16.2. The molecule has 2 amide bonds. The van der Waals surface area contributed by atoms with Crippen LogP contribution in [0.5, 0.6) is 0 Å². The van der Waals surface area contributed by atoms with Gasteiger partial charge < -0.3 is 10.6 Å². The lowest BCUT2D eigenvalue weighted by Crippen LogP contribution is -2.29. The van der Waals surface area contributed by atoms with E-state index in [0.29, 0.717) is 18.1 Å². The molecule has 0 aliphatic rings. The van der Waals surface area contributed by atoms with E-state index in [1.54, 1.807) is 41.5 Å². The van der Waals surface area contributed by atoms with Crippen LogP contribution in [-0.2, 0) is 22.6 Å². The maximum atomic E-state index is 12.0. The van der Waals surface area contributed by atoms with Crippen LogP contribution >= 0.6 is 0 Å². The van der Waals surface area contributed by atoms with Crippen molar-refractivity contribution in [3.05, 3.63) is 72.2 Å². The van der Waals surface area contributed by atoms with E-state index in [0.717, 1.165) is 17.5 Å². The topological polar surface area (TPSA) is 88.9 Å². The predicted octanol–water partition coefficient (Wildman–Crippen LogP) is 2.41. The van der Waals surface area contributed by atoms with Crippen LogP contribution in [0.4, 0.5) is 11.5 Å². The number of benzene rings is 1. The van der Waals surface area contributed by atoms with Crippen LogP contribution < -0.4 is 10.6 Å². The van der Waals surface area contributed by atoms with Crippen LogP contribution in [0.1, 0.15) is 11.1 Å². The van der Waals surface area contributed by atoms with E-state index in [4.69, 9.17) is 0 Å². The second kappa shape index (κ2) is 8.06. The standard InChI is InChI=1S/C19H19N5O2/c1-14-2-4-16(5-3-14)21-18(25)19(26)22-17-9-13-24(23-17)12-8-15-6-10-20-11-7-15/h2-7,9-11,13H,8,12H2,1H3,(H,21,25)(H,22,23,26). The van der Waals surface area contributed by atoms with E-state index >= 15 is 0 Å². The zero-order valence-corrected chi connectivity index (χ0v) is 14.3. The quantitative estimate of drug-likeness (QED) is 0.692. The SMILES string of the molecule is Cc1ccc(NC(=O)C(=O)Nc2ccn(CCc3ccncc3)n2)cc1. The molecule has 0 fully saturated rings. The molecular weight excluding hydrogens is 330 g/mol. The first-order chi connectivity index (χ1) is 12.6.